The van der Waals surface area contributed by atoms with Crippen LogP contribution in [0.2, 0.25) is 5.02 Å². The highest BCUT2D eigenvalue weighted by Crippen LogP contribution is 2.43. The Morgan fingerprint density at radius 1 is 1.19 bits per heavy atom. The van der Waals surface area contributed by atoms with Crippen molar-refractivity contribution in [2.45, 2.75) is 64.3 Å². The Morgan fingerprint density at radius 3 is 2.47 bits per heavy atom. The monoisotopic (exact) mass is 469 g/mol. The predicted octanol–water partition coefficient (Wildman–Crippen LogP) is 7.62. The molecule has 4 rings (SSSR count). The van der Waals surface area contributed by atoms with Gasteiger partial charge in [-0.15, -0.1) is 11.8 Å². The highest BCUT2D eigenvalue weighted by atomic mass is 35.5. The van der Waals surface area contributed by atoms with Crippen LogP contribution in [0.5, 0.6) is 0 Å². The lowest BCUT2D eigenvalue weighted by Crippen LogP contribution is -2.27. The number of rotatable bonds is 9. The molecule has 1 saturated carbocycles. The summed E-state index contributed by atoms with van der Waals surface area (Å²) >= 11 is 8.03. The van der Waals surface area contributed by atoms with Gasteiger partial charge in [0.1, 0.15) is 0 Å². The van der Waals surface area contributed by atoms with Gasteiger partial charge in [-0.25, -0.2) is 0 Å². The fourth-order valence-electron chi connectivity index (χ4n) is 4.02. The number of halogens is 1. The lowest BCUT2D eigenvalue weighted by Gasteiger charge is -2.22. The fraction of sp³-hybridized carbons (Fsp3) is 0.444. The summed E-state index contributed by atoms with van der Waals surface area (Å²) in [6.07, 6.45) is 3.11. The van der Waals surface area contributed by atoms with Crippen molar-refractivity contribution < 1.29 is 9.90 Å². The Labute approximate surface area is 200 Å². The molecule has 0 radical (unpaired) electrons. The largest absolute Gasteiger partial charge is 0.481 e. The van der Waals surface area contributed by atoms with E-state index >= 15 is 0 Å². The first-order valence-corrected chi connectivity index (χ1v) is 12.8. The zero-order valence-electron chi connectivity index (χ0n) is 19.3. The van der Waals surface area contributed by atoms with Gasteiger partial charge in [0, 0.05) is 45.2 Å². The highest BCUT2D eigenvalue weighted by molar-refractivity contribution is 7.99. The van der Waals surface area contributed by atoms with E-state index in [1.54, 1.807) is 0 Å². The predicted molar refractivity (Wildman–Crippen MR) is 135 cm³/mol. The van der Waals surface area contributed by atoms with Crippen molar-refractivity contribution in [2.75, 3.05) is 5.75 Å². The van der Waals surface area contributed by atoms with Crippen molar-refractivity contribution in [1.29, 1.82) is 0 Å². The van der Waals surface area contributed by atoms with E-state index in [2.05, 4.69) is 48.7 Å². The van der Waals surface area contributed by atoms with E-state index in [9.17, 15) is 9.90 Å². The average molecular weight is 470 g/mol. The van der Waals surface area contributed by atoms with Crippen molar-refractivity contribution in [1.82, 2.24) is 4.57 Å². The third-order valence-electron chi connectivity index (χ3n) is 6.41. The third-order valence-corrected chi connectivity index (χ3v) is 8.05. The number of aromatic nitrogens is 1. The molecule has 2 aromatic carbocycles. The third kappa shape index (κ3) is 5.02. The molecule has 3 nitrogen and oxygen atoms in total. The summed E-state index contributed by atoms with van der Waals surface area (Å²) in [5, 5.41) is 11.9. The SMILES string of the molecule is CC(C)c1ccc2c(c1)c(SCC1CC1)c(CC(C)(C)C(=O)O)n2Cc1ccc(Cl)cc1. The lowest BCUT2D eigenvalue weighted by atomic mass is 9.88. The second kappa shape index (κ2) is 9.15. The molecule has 0 bridgehead atoms. The lowest BCUT2D eigenvalue weighted by molar-refractivity contribution is -0.146. The first kappa shape index (κ1) is 23.3. The van der Waals surface area contributed by atoms with E-state index in [1.165, 1.54) is 34.2 Å². The number of hydrogen-bond donors (Lipinski definition) is 1. The smallest absolute Gasteiger partial charge is 0.309 e. The van der Waals surface area contributed by atoms with E-state index in [4.69, 9.17) is 11.6 Å². The summed E-state index contributed by atoms with van der Waals surface area (Å²) in [7, 11) is 0. The van der Waals surface area contributed by atoms with Crippen LogP contribution in [-0.2, 0) is 17.8 Å². The Hall–Kier alpha value is -1.91. The van der Waals surface area contributed by atoms with Gasteiger partial charge in [-0.3, -0.25) is 4.79 Å². The van der Waals surface area contributed by atoms with Gasteiger partial charge < -0.3 is 9.67 Å². The van der Waals surface area contributed by atoms with Gasteiger partial charge in [-0.2, -0.15) is 0 Å². The summed E-state index contributed by atoms with van der Waals surface area (Å²) in [5.74, 6) is 1.58. The highest BCUT2D eigenvalue weighted by Gasteiger charge is 2.32. The van der Waals surface area contributed by atoms with Crippen molar-refractivity contribution >= 4 is 40.2 Å². The molecule has 1 fully saturated rings. The van der Waals surface area contributed by atoms with Crippen molar-refractivity contribution in [3.05, 3.63) is 64.3 Å². The molecule has 1 aromatic heterocycles. The maximum atomic E-state index is 12.0. The summed E-state index contributed by atoms with van der Waals surface area (Å²) in [4.78, 5) is 13.3. The van der Waals surface area contributed by atoms with Gasteiger partial charge in [0.25, 0.3) is 0 Å². The molecule has 3 aromatic rings. The second-order valence-corrected chi connectivity index (χ2v) is 11.5. The van der Waals surface area contributed by atoms with E-state index < -0.39 is 11.4 Å². The van der Waals surface area contributed by atoms with Gasteiger partial charge in [0.05, 0.1) is 5.41 Å². The van der Waals surface area contributed by atoms with Crippen LogP contribution >= 0.6 is 23.4 Å². The van der Waals surface area contributed by atoms with Crippen molar-refractivity contribution in [3.63, 3.8) is 0 Å². The molecule has 1 N–H and O–H groups in total. The molecule has 1 aliphatic rings. The molecule has 1 aliphatic carbocycles. The summed E-state index contributed by atoms with van der Waals surface area (Å²) in [5.41, 5.74) is 3.94. The second-order valence-electron chi connectivity index (χ2n) is 10.0. The summed E-state index contributed by atoms with van der Waals surface area (Å²) in [6, 6.07) is 14.7. The van der Waals surface area contributed by atoms with E-state index in [0.717, 1.165) is 28.0 Å². The van der Waals surface area contributed by atoms with Crippen LogP contribution in [-0.4, -0.2) is 21.4 Å². The molecule has 0 aliphatic heterocycles. The number of thioether (sulfide) groups is 1. The summed E-state index contributed by atoms with van der Waals surface area (Å²) < 4.78 is 2.34. The molecular weight excluding hydrogens is 438 g/mol. The normalized spacial score (nSPS) is 14.4. The van der Waals surface area contributed by atoms with Crippen molar-refractivity contribution in [3.8, 4) is 0 Å². The van der Waals surface area contributed by atoms with Crippen LogP contribution in [0.4, 0.5) is 0 Å². The quantitative estimate of drug-likeness (QED) is 0.327. The molecule has 32 heavy (non-hydrogen) atoms. The number of nitrogens with zero attached hydrogens (tertiary/aromatic N) is 1. The van der Waals surface area contributed by atoms with Crippen LogP contribution in [0, 0.1) is 11.3 Å². The van der Waals surface area contributed by atoms with Crippen LogP contribution in [0.15, 0.2) is 47.4 Å². The van der Waals surface area contributed by atoms with Gasteiger partial charge >= 0.3 is 5.97 Å². The Balaban J connectivity index is 1.88. The number of hydrogen-bond acceptors (Lipinski definition) is 2. The van der Waals surface area contributed by atoms with E-state index in [0.29, 0.717) is 18.9 Å². The number of carboxylic acids is 1. The van der Waals surface area contributed by atoms with Crippen LogP contribution < -0.4 is 0 Å². The fourth-order valence-corrected chi connectivity index (χ4v) is 5.55. The first-order chi connectivity index (χ1) is 15.2. The molecule has 0 atom stereocenters. The van der Waals surface area contributed by atoms with Crippen LogP contribution in [0.25, 0.3) is 10.9 Å². The van der Waals surface area contributed by atoms with Gasteiger partial charge in [-0.1, -0.05) is 43.6 Å². The van der Waals surface area contributed by atoms with E-state index in [1.807, 2.05) is 37.7 Å². The number of carboxylic acid groups (broad SMARTS) is 1. The maximum absolute atomic E-state index is 12.0. The van der Waals surface area contributed by atoms with Gasteiger partial charge in [-0.05, 0) is 73.9 Å². The first-order valence-electron chi connectivity index (χ1n) is 11.4. The Bertz CT molecular complexity index is 1130. The molecule has 5 heteroatoms. The molecule has 170 valence electrons. The Kier molecular flexibility index (Phi) is 6.65. The minimum Gasteiger partial charge on any atom is -0.481 e. The molecule has 0 amide bonds. The van der Waals surface area contributed by atoms with E-state index in [-0.39, 0.29) is 0 Å². The van der Waals surface area contributed by atoms with Gasteiger partial charge in [0.15, 0.2) is 0 Å². The standard InChI is InChI=1S/C27H32ClNO2S/c1-17(2)20-9-12-23-22(13-20)25(32-16-19-5-6-19)24(14-27(3,4)26(30)31)29(23)15-18-7-10-21(28)11-8-18/h7-13,17,19H,5-6,14-16H2,1-4H3,(H,30,31). The topological polar surface area (TPSA) is 42.2 Å². The Morgan fingerprint density at radius 2 is 1.88 bits per heavy atom. The van der Waals surface area contributed by atoms with Crippen LogP contribution in [0.3, 0.4) is 0 Å². The minimum absolute atomic E-state index is 0.444. The number of carbonyl (C=O) groups is 1. The number of aliphatic carboxylic acids is 1. The summed E-state index contributed by atoms with van der Waals surface area (Å²) in [6.45, 7) is 8.79. The number of fused-ring (bicyclic) bond motifs is 1. The molecular formula is C27H32ClNO2S. The van der Waals surface area contributed by atoms with Crippen molar-refractivity contribution in [2.24, 2.45) is 11.3 Å². The maximum Gasteiger partial charge on any atom is 0.309 e. The van der Waals surface area contributed by atoms with Gasteiger partial charge in [0.2, 0.25) is 0 Å². The molecule has 0 spiro atoms. The zero-order chi connectivity index (χ0) is 23.0. The van der Waals surface area contributed by atoms with Crippen LogP contribution in [0.1, 0.15) is 63.3 Å². The minimum atomic E-state index is -0.845. The number of benzene rings is 2. The molecule has 1 heterocycles. The molecule has 0 saturated heterocycles. The zero-order valence-corrected chi connectivity index (χ0v) is 20.9. The molecule has 0 unspecified atom stereocenters. The average Bonchev–Trinajstić information content (AvgIpc) is 3.53.